The van der Waals surface area contributed by atoms with Gasteiger partial charge < -0.3 is 9.47 Å². The van der Waals surface area contributed by atoms with Crippen LogP contribution in [0, 0.1) is 11.7 Å². The normalized spacial score (nSPS) is 14.9. The monoisotopic (exact) mass is 344 g/mol. The molecule has 0 aliphatic heterocycles. The van der Waals surface area contributed by atoms with Crippen LogP contribution in [-0.2, 0) is 0 Å². The highest BCUT2D eigenvalue weighted by Gasteiger charge is 2.18. The standard InChI is InChI=1S/C20H21FO2S/c1-2-10-22-17-9-8-16-15-7-6-14(23-12-13-4-3-5-13)11-18(15)24-20(16)19(17)21/h6-9,11,13H,2-5,10,12H2,1H3. The van der Waals surface area contributed by atoms with Gasteiger partial charge in [-0.15, -0.1) is 11.3 Å². The third-order valence-electron chi connectivity index (χ3n) is 4.69. The fourth-order valence-corrected chi connectivity index (χ4v) is 4.22. The molecular weight excluding hydrogens is 323 g/mol. The molecule has 1 heterocycles. The van der Waals surface area contributed by atoms with Crippen molar-refractivity contribution in [3.63, 3.8) is 0 Å². The van der Waals surface area contributed by atoms with E-state index in [1.807, 2.05) is 31.2 Å². The van der Waals surface area contributed by atoms with E-state index in [2.05, 4.69) is 0 Å². The molecule has 4 rings (SSSR count). The van der Waals surface area contributed by atoms with Crippen LogP contribution >= 0.6 is 11.3 Å². The quantitative estimate of drug-likeness (QED) is 0.533. The van der Waals surface area contributed by atoms with Gasteiger partial charge in [0, 0.05) is 15.5 Å². The molecule has 0 radical (unpaired) electrons. The zero-order valence-corrected chi connectivity index (χ0v) is 14.6. The fraction of sp³-hybridized carbons (Fsp3) is 0.400. The summed E-state index contributed by atoms with van der Waals surface area (Å²) in [5.41, 5.74) is 0. The highest BCUT2D eigenvalue weighted by atomic mass is 32.1. The predicted molar refractivity (Wildman–Crippen MR) is 97.9 cm³/mol. The number of hydrogen-bond acceptors (Lipinski definition) is 3. The zero-order chi connectivity index (χ0) is 16.5. The Morgan fingerprint density at radius 2 is 1.96 bits per heavy atom. The van der Waals surface area contributed by atoms with Crippen molar-refractivity contribution < 1.29 is 13.9 Å². The summed E-state index contributed by atoms with van der Waals surface area (Å²) in [5, 5.41) is 2.02. The summed E-state index contributed by atoms with van der Waals surface area (Å²) in [6.07, 6.45) is 4.74. The van der Waals surface area contributed by atoms with E-state index >= 15 is 0 Å². The molecule has 2 aromatic carbocycles. The Balaban J connectivity index is 1.66. The Kier molecular flexibility index (Phi) is 4.31. The van der Waals surface area contributed by atoms with Crippen molar-refractivity contribution in [3.8, 4) is 11.5 Å². The molecule has 4 heteroatoms. The molecule has 24 heavy (non-hydrogen) atoms. The van der Waals surface area contributed by atoms with Crippen LogP contribution in [0.5, 0.6) is 11.5 Å². The molecule has 1 aliphatic carbocycles. The number of rotatable bonds is 6. The van der Waals surface area contributed by atoms with Gasteiger partial charge in [-0.1, -0.05) is 13.3 Å². The molecule has 0 bridgehead atoms. The molecule has 1 fully saturated rings. The highest BCUT2D eigenvalue weighted by molar-refractivity contribution is 7.25. The van der Waals surface area contributed by atoms with Crippen LogP contribution in [0.2, 0.25) is 0 Å². The van der Waals surface area contributed by atoms with Gasteiger partial charge in [0.05, 0.1) is 17.9 Å². The van der Waals surface area contributed by atoms with Gasteiger partial charge in [-0.2, -0.15) is 0 Å². The first-order chi connectivity index (χ1) is 11.8. The number of halogens is 1. The average molecular weight is 344 g/mol. The van der Waals surface area contributed by atoms with Crippen LogP contribution < -0.4 is 9.47 Å². The topological polar surface area (TPSA) is 18.5 Å². The lowest BCUT2D eigenvalue weighted by Gasteiger charge is -2.25. The van der Waals surface area contributed by atoms with Crippen LogP contribution in [0.25, 0.3) is 20.2 Å². The van der Waals surface area contributed by atoms with Crippen LogP contribution in [-0.4, -0.2) is 13.2 Å². The number of fused-ring (bicyclic) bond motifs is 3. The summed E-state index contributed by atoms with van der Waals surface area (Å²) in [7, 11) is 0. The van der Waals surface area contributed by atoms with Crippen molar-refractivity contribution in [1.82, 2.24) is 0 Å². The van der Waals surface area contributed by atoms with Gasteiger partial charge >= 0.3 is 0 Å². The van der Waals surface area contributed by atoms with E-state index in [4.69, 9.17) is 9.47 Å². The van der Waals surface area contributed by atoms with E-state index in [1.54, 1.807) is 6.07 Å². The molecule has 0 unspecified atom stereocenters. The molecule has 0 saturated heterocycles. The van der Waals surface area contributed by atoms with E-state index < -0.39 is 0 Å². The van der Waals surface area contributed by atoms with Crippen molar-refractivity contribution in [1.29, 1.82) is 0 Å². The van der Waals surface area contributed by atoms with E-state index in [0.29, 0.717) is 23.0 Å². The second kappa shape index (κ2) is 6.60. The lowest BCUT2D eigenvalue weighted by molar-refractivity contribution is 0.181. The molecule has 0 spiro atoms. The zero-order valence-electron chi connectivity index (χ0n) is 13.8. The van der Waals surface area contributed by atoms with Gasteiger partial charge in [0.15, 0.2) is 11.6 Å². The van der Waals surface area contributed by atoms with Crippen molar-refractivity contribution >= 4 is 31.5 Å². The summed E-state index contributed by atoms with van der Waals surface area (Å²) in [4.78, 5) is 0. The Labute approximate surface area is 145 Å². The molecule has 126 valence electrons. The molecular formula is C20H21FO2S. The Morgan fingerprint density at radius 1 is 1.12 bits per heavy atom. The van der Waals surface area contributed by atoms with E-state index in [-0.39, 0.29) is 5.82 Å². The molecule has 2 nitrogen and oxygen atoms in total. The number of hydrogen-bond donors (Lipinski definition) is 0. The predicted octanol–water partition coefficient (Wildman–Crippen LogP) is 6.16. The van der Waals surface area contributed by atoms with Gasteiger partial charge in [0.25, 0.3) is 0 Å². The van der Waals surface area contributed by atoms with E-state index in [0.717, 1.165) is 34.2 Å². The summed E-state index contributed by atoms with van der Waals surface area (Å²) >= 11 is 1.47. The van der Waals surface area contributed by atoms with Crippen molar-refractivity contribution in [3.05, 3.63) is 36.1 Å². The Morgan fingerprint density at radius 3 is 2.71 bits per heavy atom. The smallest absolute Gasteiger partial charge is 0.182 e. The van der Waals surface area contributed by atoms with Crippen molar-refractivity contribution in [2.45, 2.75) is 32.6 Å². The minimum atomic E-state index is -0.251. The maximum atomic E-state index is 14.7. The van der Waals surface area contributed by atoms with E-state index in [1.165, 1.54) is 30.6 Å². The minimum Gasteiger partial charge on any atom is -0.493 e. The molecule has 0 amide bonds. The van der Waals surface area contributed by atoms with Gasteiger partial charge in [-0.05, 0) is 55.5 Å². The largest absolute Gasteiger partial charge is 0.493 e. The lowest BCUT2D eigenvalue weighted by atomic mass is 9.86. The first kappa shape index (κ1) is 15.7. The number of benzene rings is 2. The molecule has 1 aromatic heterocycles. The maximum absolute atomic E-state index is 14.7. The molecule has 0 atom stereocenters. The van der Waals surface area contributed by atoms with Crippen molar-refractivity contribution in [2.24, 2.45) is 5.92 Å². The summed E-state index contributed by atoms with van der Waals surface area (Å²) < 4.78 is 27.8. The van der Waals surface area contributed by atoms with Gasteiger partial charge in [0.1, 0.15) is 5.75 Å². The van der Waals surface area contributed by atoms with E-state index in [9.17, 15) is 4.39 Å². The van der Waals surface area contributed by atoms with Crippen LogP contribution in [0.4, 0.5) is 4.39 Å². The fourth-order valence-electron chi connectivity index (χ4n) is 3.06. The van der Waals surface area contributed by atoms with Crippen molar-refractivity contribution in [2.75, 3.05) is 13.2 Å². The second-order valence-electron chi connectivity index (χ2n) is 6.47. The van der Waals surface area contributed by atoms with Crippen LogP contribution in [0.3, 0.4) is 0 Å². The first-order valence-corrected chi connectivity index (χ1v) is 9.48. The van der Waals surface area contributed by atoms with Crippen LogP contribution in [0.1, 0.15) is 32.6 Å². The van der Waals surface area contributed by atoms with Gasteiger partial charge in [0.2, 0.25) is 0 Å². The minimum absolute atomic E-state index is 0.251. The third kappa shape index (κ3) is 2.84. The average Bonchev–Trinajstić information content (AvgIpc) is 2.91. The van der Waals surface area contributed by atoms with Gasteiger partial charge in [-0.3, -0.25) is 0 Å². The number of thiophene rings is 1. The Bertz CT molecular complexity index is 867. The summed E-state index contributed by atoms with van der Waals surface area (Å²) in [5.74, 6) is 1.68. The van der Waals surface area contributed by atoms with Gasteiger partial charge in [-0.25, -0.2) is 4.39 Å². The lowest BCUT2D eigenvalue weighted by Crippen LogP contribution is -2.19. The first-order valence-electron chi connectivity index (χ1n) is 8.66. The molecule has 0 N–H and O–H groups in total. The molecule has 1 aliphatic rings. The second-order valence-corrected chi connectivity index (χ2v) is 7.52. The molecule has 1 saturated carbocycles. The molecule has 3 aromatic rings. The maximum Gasteiger partial charge on any atom is 0.182 e. The summed E-state index contributed by atoms with van der Waals surface area (Å²) in [6.45, 7) is 3.34. The third-order valence-corrected chi connectivity index (χ3v) is 5.85. The Hall–Kier alpha value is -1.81. The summed E-state index contributed by atoms with van der Waals surface area (Å²) in [6, 6.07) is 9.76. The van der Waals surface area contributed by atoms with Crippen LogP contribution in [0.15, 0.2) is 30.3 Å². The number of ether oxygens (including phenoxy) is 2. The SMILES string of the molecule is CCCOc1ccc2c(sc3cc(OCC4CCC4)ccc32)c1F. The highest BCUT2D eigenvalue weighted by Crippen LogP contribution is 2.40.